The second kappa shape index (κ2) is 5.87. The van der Waals surface area contributed by atoms with Gasteiger partial charge in [-0.05, 0) is 30.3 Å². The van der Waals surface area contributed by atoms with Gasteiger partial charge in [-0.15, -0.1) is 0 Å². The summed E-state index contributed by atoms with van der Waals surface area (Å²) in [5.41, 5.74) is -0.0595. The maximum atomic E-state index is 13.8. The van der Waals surface area contributed by atoms with Crippen LogP contribution in [0.2, 0.25) is 0 Å². The second-order valence-corrected chi connectivity index (χ2v) is 7.34. The highest BCUT2D eigenvalue weighted by Crippen LogP contribution is 2.34. The summed E-state index contributed by atoms with van der Waals surface area (Å²) in [5, 5.41) is 8.92. The number of halogens is 1. The minimum atomic E-state index is -3.45. The van der Waals surface area contributed by atoms with Gasteiger partial charge < -0.3 is 5.11 Å². The Morgan fingerprint density at radius 3 is 2.43 bits per heavy atom. The van der Waals surface area contributed by atoms with E-state index in [1.165, 1.54) is 12.1 Å². The van der Waals surface area contributed by atoms with E-state index in [0.29, 0.717) is 4.90 Å². The first kappa shape index (κ1) is 15.5. The summed E-state index contributed by atoms with van der Waals surface area (Å²) >= 11 is 0.882. The van der Waals surface area contributed by atoms with Crippen molar-refractivity contribution in [2.45, 2.75) is 14.7 Å². The van der Waals surface area contributed by atoms with Crippen molar-refractivity contribution in [2.75, 3.05) is 6.26 Å². The molecule has 2 rings (SSSR count). The van der Waals surface area contributed by atoms with Crippen LogP contribution in [0.4, 0.5) is 4.39 Å². The summed E-state index contributed by atoms with van der Waals surface area (Å²) < 4.78 is 37.2. The van der Waals surface area contributed by atoms with E-state index < -0.39 is 21.6 Å². The smallest absolute Gasteiger partial charge is 0.335 e. The molecule has 0 saturated heterocycles. The highest BCUT2D eigenvalue weighted by Gasteiger charge is 2.16. The van der Waals surface area contributed by atoms with Crippen molar-refractivity contribution in [1.29, 1.82) is 0 Å². The number of rotatable bonds is 4. The largest absolute Gasteiger partial charge is 0.478 e. The number of aromatic carboxylic acids is 1. The van der Waals surface area contributed by atoms with Gasteiger partial charge in [0.2, 0.25) is 0 Å². The molecule has 0 atom stereocenters. The van der Waals surface area contributed by atoms with Crippen molar-refractivity contribution in [3.05, 3.63) is 53.8 Å². The molecule has 0 bridgehead atoms. The number of hydrogen-bond donors (Lipinski definition) is 1. The minimum Gasteiger partial charge on any atom is -0.478 e. The molecule has 2 aromatic rings. The Kier molecular flexibility index (Phi) is 4.34. The van der Waals surface area contributed by atoms with Gasteiger partial charge in [-0.3, -0.25) is 0 Å². The van der Waals surface area contributed by atoms with E-state index in [1.54, 1.807) is 18.2 Å². The lowest BCUT2D eigenvalue weighted by atomic mass is 10.2. The van der Waals surface area contributed by atoms with Crippen molar-refractivity contribution >= 4 is 27.6 Å². The fourth-order valence-electron chi connectivity index (χ4n) is 1.67. The molecule has 0 heterocycles. The van der Waals surface area contributed by atoms with Crippen LogP contribution in [0.5, 0.6) is 0 Å². The SMILES string of the molecule is CS(=O)(=O)c1ccccc1Sc1cc(C(=O)O)ccc1F. The molecule has 4 nitrogen and oxygen atoms in total. The van der Waals surface area contributed by atoms with Crippen molar-refractivity contribution in [1.82, 2.24) is 0 Å². The number of sulfone groups is 1. The molecular formula is C14H11FO4S2. The van der Waals surface area contributed by atoms with Gasteiger partial charge in [0.25, 0.3) is 0 Å². The van der Waals surface area contributed by atoms with Crippen molar-refractivity contribution in [2.24, 2.45) is 0 Å². The fraction of sp³-hybridized carbons (Fsp3) is 0.0714. The molecule has 110 valence electrons. The molecule has 0 aliphatic rings. The number of hydrogen-bond acceptors (Lipinski definition) is 4. The first-order valence-electron chi connectivity index (χ1n) is 5.79. The predicted molar refractivity (Wildman–Crippen MR) is 77.0 cm³/mol. The van der Waals surface area contributed by atoms with E-state index in [2.05, 4.69) is 0 Å². The Hall–Kier alpha value is -1.86. The first-order chi connectivity index (χ1) is 9.79. The Morgan fingerprint density at radius 2 is 1.81 bits per heavy atom. The van der Waals surface area contributed by atoms with Crippen LogP contribution >= 0.6 is 11.8 Å². The van der Waals surface area contributed by atoms with Crippen LogP contribution in [0, 0.1) is 5.82 Å². The van der Waals surface area contributed by atoms with E-state index in [4.69, 9.17) is 5.11 Å². The molecule has 21 heavy (non-hydrogen) atoms. The Labute approximate surface area is 125 Å². The van der Waals surface area contributed by atoms with Gasteiger partial charge in [0, 0.05) is 16.0 Å². The zero-order valence-corrected chi connectivity index (χ0v) is 12.5. The molecule has 0 amide bonds. The predicted octanol–water partition coefficient (Wildman–Crippen LogP) is 3.08. The summed E-state index contributed by atoms with van der Waals surface area (Å²) in [7, 11) is -3.45. The molecule has 0 saturated carbocycles. The highest BCUT2D eigenvalue weighted by atomic mass is 32.2. The van der Waals surface area contributed by atoms with Crippen LogP contribution in [0.3, 0.4) is 0 Å². The maximum absolute atomic E-state index is 13.8. The standard InChI is InChI=1S/C14H11FO4S2/c1-21(18,19)13-5-3-2-4-11(13)20-12-8-9(14(16)17)6-7-10(12)15/h2-8H,1H3,(H,16,17). The van der Waals surface area contributed by atoms with Crippen LogP contribution in [0.25, 0.3) is 0 Å². The molecule has 0 radical (unpaired) electrons. The molecule has 0 aliphatic carbocycles. The van der Waals surface area contributed by atoms with E-state index in [1.807, 2.05) is 0 Å². The molecule has 7 heteroatoms. The van der Waals surface area contributed by atoms with Crippen LogP contribution in [-0.4, -0.2) is 25.7 Å². The van der Waals surface area contributed by atoms with Gasteiger partial charge >= 0.3 is 5.97 Å². The average molecular weight is 326 g/mol. The van der Waals surface area contributed by atoms with Crippen LogP contribution in [0.1, 0.15) is 10.4 Å². The second-order valence-electron chi connectivity index (χ2n) is 4.27. The normalized spacial score (nSPS) is 11.3. The van der Waals surface area contributed by atoms with Gasteiger partial charge in [0.05, 0.1) is 10.5 Å². The molecule has 0 spiro atoms. The maximum Gasteiger partial charge on any atom is 0.335 e. The van der Waals surface area contributed by atoms with Gasteiger partial charge in [-0.1, -0.05) is 23.9 Å². The fourth-order valence-corrected chi connectivity index (χ4v) is 3.92. The zero-order chi connectivity index (χ0) is 15.6. The molecule has 2 aromatic carbocycles. The van der Waals surface area contributed by atoms with Crippen molar-refractivity contribution in [3.8, 4) is 0 Å². The molecule has 0 fully saturated rings. The highest BCUT2D eigenvalue weighted by molar-refractivity contribution is 8.00. The van der Waals surface area contributed by atoms with Crippen molar-refractivity contribution < 1.29 is 22.7 Å². The lowest BCUT2D eigenvalue weighted by Gasteiger charge is -2.08. The van der Waals surface area contributed by atoms with Crippen LogP contribution < -0.4 is 0 Å². The number of carboxylic acids is 1. The minimum absolute atomic E-state index is 0.0595. The third-order valence-electron chi connectivity index (χ3n) is 2.65. The molecular weight excluding hydrogens is 315 g/mol. The Balaban J connectivity index is 2.49. The lowest BCUT2D eigenvalue weighted by molar-refractivity contribution is 0.0696. The topological polar surface area (TPSA) is 71.4 Å². The Bertz CT molecular complexity index is 800. The summed E-state index contributed by atoms with van der Waals surface area (Å²) in [6.07, 6.45) is 1.07. The molecule has 1 N–H and O–H groups in total. The summed E-state index contributed by atoms with van der Waals surface area (Å²) in [4.78, 5) is 11.4. The van der Waals surface area contributed by atoms with E-state index in [0.717, 1.165) is 30.2 Å². The zero-order valence-electron chi connectivity index (χ0n) is 10.9. The third-order valence-corrected chi connectivity index (χ3v) is 5.04. The quantitative estimate of drug-likeness (QED) is 0.935. The van der Waals surface area contributed by atoms with Crippen molar-refractivity contribution in [3.63, 3.8) is 0 Å². The van der Waals surface area contributed by atoms with Crippen LogP contribution in [0.15, 0.2) is 57.2 Å². The van der Waals surface area contributed by atoms with E-state index >= 15 is 0 Å². The van der Waals surface area contributed by atoms with E-state index in [-0.39, 0.29) is 15.4 Å². The number of benzene rings is 2. The molecule has 0 unspecified atom stereocenters. The van der Waals surface area contributed by atoms with Gasteiger partial charge in [-0.2, -0.15) is 0 Å². The van der Waals surface area contributed by atoms with Crippen LogP contribution in [-0.2, 0) is 9.84 Å². The first-order valence-corrected chi connectivity index (χ1v) is 8.49. The molecule has 0 aliphatic heterocycles. The monoisotopic (exact) mass is 326 g/mol. The summed E-state index contributed by atoms with van der Waals surface area (Å²) in [6, 6.07) is 9.57. The average Bonchev–Trinajstić information content (AvgIpc) is 2.40. The summed E-state index contributed by atoms with van der Waals surface area (Å²) in [6.45, 7) is 0. The van der Waals surface area contributed by atoms with E-state index in [9.17, 15) is 17.6 Å². The van der Waals surface area contributed by atoms with Gasteiger partial charge in [0.1, 0.15) is 5.82 Å². The lowest BCUT2D eigenvalue weighted by Crippen LogP contribution is -2.00. The molecule has 0 aromatic heterocycles. The Morgan fingerprint density at radius 1 is 1.14 bits per heavy atom. The summed E-state index contributed by atoms with van der Waals surface area (Å²) in [5.74, 6) is -1.78. The third kappa shape index (κ3) is 3.62. The number of carbonyl (C=O) groups is 1. The van der Waals surface area contributed by atoms with Gasteiger partial charge in [0.15, 0.2) is 9.84 Å². The van der Waals surface area contributed by atoms with Gasteiger partial charge in [-0.25, -0.2) is 17.6 Å². The number of carboxylic acid groups (broad SMARTS) is 1.